The maximum atomic E-state index is 11.2. The molecular formula is C7H12N2O2. The van der Waals surface area contributed by atoms with Crippen LogP contribution in [0.2, 0.25) is 0 Å². The van der Waals surface area contributed by atoms with Gasteiger partial charge in [-0.15, -0.1) is 0 Å². The molecule has 0 aliphatic rings. The molecule has 1 N–H and O–H groups in total. The van der Waals surface area contributed by atoms with Gasteiger partial charge in [-0.2, -0.15) is 0 Å². The molecule has 4 heteroatoms. The standard InChI is InChI=1S/C7H12N2O2/c1-5(2)9-4-6(10)8(3)7(9)11/h4-5,10H,1-3H3. The molecule has 11 heavy (non-hydrogen) atoms. The molecule has 0 aliphatic carbocycles. The highest BCUT2D eigenvalue weighted by Crippen LogP contribution is 2.07. The lowest BCUT2D eigenvalue weighted by molar-refractivity contribution is 0.429. The molecule has 1 aromatic heterocycles. The Morgan fingerprint density at radius 3 is 2.27 bits per heavy atom. The van der Waals surface area contributed by atoms with Crippen molar-refractivity contribution in [3.8, 4) is 5.88 Å². The summed E-state index contributed by atoms with van der Waals surface area (Å²) in [6, 6.07) is 0.0922. The Bertz CT molecular complexity index is 309. The highest BCUT2D eigenvalue weighted by molar-refractivity contribution is 5.04. The van der Waals surface area contributed by atoms with Gasteiger partial charge in [-0.3, -0.25) is 9.13 Å². The summed E-state index contributed by atoms with van der Waals surface area (Å²) < 4.78 is 2.69. The maximum absolute atomic E-state index is 11.2. The van der Waals surface area contributed by atoms with Gasteiger partial charge in [-0.1, -0.05) is 0 Å². The Kier molecular flexibility index (Phi) is 1.76. The molecule has 0 atom stereocenters. The first kappa shape index (κ1) is 7.91. The van der Waals surface area contributed by atoms with Gasteiger partial charge >= 0.3 is 5.69 Å². The maximum Gasteiger partial charge on any atom is 0.331 e. The van der Waals surface area contributed by atoms with E-state index in [2.05, 4.69) is 0 Å². The topological polar surface area (TPSA) is 47.2 Å². The predicted octanol–water partition coefficient (Wildman–Crippen LogP) is 0.473. The van der Waals surface area contributed by atoms with Crippen molar-refractivity contribution >= 4 is 0 Å². The minimum atomic E-state index is -0.183. The Morgan fingerprint density at radius 2 is 2.09 bits per heavy atom. The SMILES string of the molecule is CC(C)n1cc(O)n(C)c1=O. The van der Waals surface area contributed by atoms with Crippen LogP contribution in [0.15, 0.2) is 11.0 Å². The lowest BCUT2D eigenvalue weighted by Gasteiger charge is -2.02. The Morgan fingerprint density at radius 1 is 1.55 bits per heavy atom. The van der Waals surface area contributed by atoms with Gasteiger partial charge in [0.2, 0.25) is 5.88 Å². The van der Waals surface area contributed by atoms with Crippen molar-refractivity contribution in [3.63, 3.8) is 0 Å². The summed E-state index contributed by atoms with van der Waals surface area (Å²) in [5, 5.41) is 9.11. The Hall–Kier alpha value is -1.19. The van der Waals surface area contributed by atoms with Crippen molar-refractivity contribution in [2.45, 2.75) is 19.9 Å². The second-order valence-corrected chi connectivity index (χ2v) is 2.83. The number of hydrogen-bond donors (Lipinski definition) is 1. The molecule has 0 unspecified atom stereocenters. The quantitative estimate of drug-likeness (QED) is 0.642. The van der Waals surface area contributed by atoms with Gasteiger partial charge in [0.1, 0.15) is 0 Å². The Labute approximate surface area is 64.7 Å². The second kappa shape index (κ2) is 2.45. The molecule has 0 saturated heterocycles. The molecule has 1 aromatic rings. The van der Waals surface area contributed by atoms with E-state index in [1.165, 1.54) is 22.4 Å². The molecule has 4 nitrogen and oxygen atoms in total. The summed E-state index contributed by atoms with van der Waals surface area (Å²) >= 11 is 0. The molecular weight excluding hydrogens is 144 g/mol. The fourth-order valence-electron chi connectivity index (χ4n) is 0.907. The molecule has 0 bridgehead atoms. The fourth-order valence-corrected chi connectivity index (χ4v) is 0.907. The first-order valence-electron chi connectivity index (χ1n) is 3.51. The number of aromatic nitrogens is 2. The van der Waals surface area contributed by atoms with Crippen LogP contribution >= 0.6 is 0 Å². The number of nitrogens with zero attached hydrogens (tertiary/aromatic N) is 2. The molecule has 0 saturated carbocycles. The first-order chi connectivity index (χ1) is 5.04. The number of rotatable bonds is 1. The second-order valence-electron chi connectivity index (χ2n) is 2.83. The zero-order valence-corrected chi connectivity index (χ0v) is 6.90. The van der Waals surface area contributed by atoms with E-state index < -0.39 is 0 Å². The van der Waals surface area contributed by atoms with E-state index in [0.29, 0.717) is 0 Å². The minimum absolute atomic E-state index is 0.00343. The van der Waals surface area contributed by atoms with Crippen LogP contribution in [-0.2, 0) is 7.05 Å². The van der Waals surface area contributed by atoms with Crippen LogP contribution in [0.1, 0.15) is 19.9 Å². The average molecular weight is 156 g/mol. The third-order valence-electron chi connectivity index (χ3n) is 1.66. The van der Waals surface area contributed by atoms with Gasteiger partial charge in [0.15, 0.2) is 0 Å². The summed E-state index contributed by atoms with van der Waals surface area (Å²) in [6.07, 6.45) is 1.44. The van der Waals surface area contributed by atoms with E-state index in [0.717, 1.165) is 0 Å². The largest absolute Gasteiger partial charge is 0.493 e. The van der Waals surface area contributed by atoms with E-state index >= 15 is 0 Å². The molecule has 0 amide bonds. The van der Waals surface area contributed by atoms with Crippen LogP contribution in [0.25, 0.3) is 0 Å². The third kappa shape index (κ3) is 1.15. The molecule has 1 rings (SSSR count). The molecule has 0 radical (unpaired) electrons. The van der Waals surface area contributed by atoms with E-state index in [1.807, 2.05) is 13.8 Å². The van der Waals surface area contributed by atoms with Crippen LogP contribution in [-0.4, -0.2) is 14.2 Å². The lowest BCUT2D eigenvalue weighted by atomic mass is 10.4. The van der Waals surface area contributed by atoms with Crippen LogP contribution in [0.4, 0.5) is 0 Å². The zero-order valence-electron chi connectivity index (χ0n) is 6.90. The summed E-state index contributed by atoms with van der Waals surface area (Å²) in [6.45, 7) is 3.78. The lowest BCUT2D eigenvalue weighted by Crippen LogP contribution is -2.23. The summed E-state index contributed by atoms with van der Waals surface area (Å²) in [5.41, 5.74) is -0.183. The molecule has 0 spiro atoms. The average Bonchev–Trinajstić information content (AvgIpc) is 2.17. The summed E-state index contributed by atoms with van der Waals surface area (Å²) in [4.78, 5) is 11.2. The molecule has 62 valence electrons. The first-order valence-corrected chi connectivity index (χ1v) is 3.51. The predicted molar refractivity (Wildman–Crippen MR) is 41.7 cm³/mol. The molecule has 0 fully saturated rings. The normalized spacial score (nSPS) is 10.9. The van der Waals surface area contributed by atoms with Gasteiger partial charge in [0.25, 0.3) is 0 Å². The van der Waals surface area contributed by atoms with Gasteiger partial charge in [-0.25, -0.2) is 4.79 Å². The van der Waals surface area contributed by atoms with E-state index in [4.69, 9.17) is 5.11 Å². The minimum Gasteiger partial charge on any atom is -0.493 e. The van der Waals surface area contributed by atoms with Crippen LogP contribution in [0.3, 0.4) is 0 Å². The van der Waals surface area contributed by atoms with Crippen molar-refractivity contribution < 1.29 is 5.11 Å². The van der Waals surface area contributed by atoms with Crippen LogP contribution in [0.5, 0.6) is 5.88 Å². The number of hydrogen-bond acceptors (Lipinski definition) is 2. The molecule has 0 aliphatic heterocycles. The van der Waals surface area contributed by atoms with E-state index in [1.54, 1.807) is 0 Å². The Balaban J connectivity index is 3.30. The van der Waals surface area contributed by atoms with Gasteiger partial charge in [0.05, 0.1) is 6.20 Å². The van der Waals surface area contributed by atoms with Crippen molar-refractivity contribution in [2.24, 2.45) is 7.05 Å². The van der Waals surface area contributed by atoms with Gasteiger partial charge in [-0.05, 0) is 13.8 Å². The monoisotopic (exact) mass is 156 g/mol. The smallest absolute Gasteiger partial charge is 0.331 e. The van der Waals surface area contributed by atoms with Crippen molar-refractivity contribution in [3.05, 3.63) is 16.7 Å². The van der Waals surface area contributed by atoms with Crippen LogP contribution < -0.4 is 5.69 Å². The van der Waals surface area contributed by atoms with Crippen molar-refractivity contribution in [2.75, 3.05) is 0 Å². The fraction of sp³-hybridized carbons (Fsp3) is 0.571. The zero-order chi connectivity index (χ0) is 8.59. The molecule has 1 heterocycles. The van der Waals surface area contributed by atoms with Crippen molar-refractivity contribution in [1.29, 1.82) is 0 Å². The van der Waals surface area contributed by atoms with Gasteiger partial charge < -0.3 is 5.11 Å². The highest BCUT2D eigenvalue weighted by Gasteiger charge is 2.07. The van der Waals surface area contributed by atoms with Crippen molar-refractivity contribution in [1.82, 2.24) is 9.13 Å². The summed E-state index contributed by atoms with van der Waals surface area (Å²) in [7, 11) is 1.54. The third-order valence-corrected chi connectivity index (χ3v) is 1.66. The highest BCUT2D eigenvalue weighted by atomic mass is 16.3. The summed E-state index contributed by atoms with van der Waals surface area (Å²) in [5.74, 6) is 0.00343. The molecule has 0 aromatic carbocycles. The van der Waals surface area contributed by atoms with Gasteiger partial charge in [0, 0.05) is 13.1 Å². The number of imidazole rings is 1. The number of aromatic hydroxyl groups is 1. The van der Waals surface area contributed by atoms with Crippen LogP contribution in [0, 0.1) is 0 Å². The van der Waals surface area contributed by atoms with E-state index in [-0.39, 0.29) is 17.6 Å². The van der Waals surface area contributed by atoms with E-state index in [9.17, 15) is 4.79 Å².